The number of aliphatic hydroxyl groups excluding tert-OH is 2. The Bertz CT molecular complexity index is 888. The van der Waals surface area contributed by atoms with Gasteiger partial charge in [0.25, 0.3) is 0 Å². The number of fused-ring (bicyclic) bond motifs is 1. The van der Waals surface area contributed by atoms with Crippen LogP contribution in [0.25, 0.3) is 11.2 Å². The highest BCUT2D eigenvalue weighted by Gasteiger charge is 2.49. The second kappa shape index (κ2) is 7.70. The van der Waals surface area contributed by atoms with E-state index in [0.29, 0.717) is 13.0 Å². The number of nitrogens with zero attached hydrogens (tertiary/aromatic N) is 4. The molecule has 0 aliphatic carbocycles. The number of nitrogens with two attached hydrogens (primary N) is 1. The van der Waals surface area contributed by atoms with E-state index in [0.717, 1.165) is 11.0 Å². The standard InChI is InChI=1S/C16H23ClFN5O4/c1-3-5-6-22-9-12(17)20-15(19)21-13(9)23(16(22)26)14-10(25)8(18)11(27-14)7(24)4-2/h7-8,10-11,14,24-25H,3-6H2,1-2H3,(H2,19,20,21)/t7-,8+,10+,11+,14+/m0/s1. The molecule has 0 saturated carbocycles. The number of anilines is 1. The molecule has 11 heteroatoms. The van der Waals surface area contributed by atoms with Crippen LogP contribution in [0.15, 0.2) is 4.79 Å². The first-order chi connectivity index (χ1) is 12.8. The van der Waals surface area contributed by atoms with E-state index in [-0.39, 0.29) is 28.7 Å². The molecule has 0 spiro atoms. The van der Waals surface area contributed by atoms with Gasteiger partial charge in [-0.15, -0.1) is 0 Å². The van der Waals surface area contributed by atoms with Crippen molar-refractivity contribution in [1.82, 2.24) is 19.1 Å². The Balaban J connectivity index is 2.17. The van der Waals surface area contributed by atoms with Gasteiger partial charge in [0.1, 0.15) is 17.7 Å². The number of rotatable bonds is 6. The summed E-state index contributed by atoms with van der Waals surface area (Å²) in [6, 6.07) is 0. The molecule has 9 nitrogen and oxygen atoms in total. The monoisotopic (exact) mass is 403 g/mol. The molecule has 150 valence electrons. The Labute approximate surface area is 159 Å². The van der Waals surface area contributed by atoms with Crippen molar-refractivity contribution in [3.63, 3.8) is 0 Å². The van der Waals surface area contributed by atoms with E-state index in [1.54, 1.807) is 6.92 Å². The molecule has 3 rings (SSSR count). The van der Waals surface area contributed by atoms with Crippen molar-refractivity contribution in [1.29, 1.82) is 0 Å². The van der Waals surface area contributed by atoms with Crippen LogP contribution in [0, 0.1) is 0 Å². The molecule has 0 amide bonds. The zero-order chi connectivity index (χ0) is 19.9. The predicted octanol–water partition coefficient (Wildman–Crippen LogP) is 0.996. The zero-order valence-corrected chi connectivity index (χ0v) is 15.8. The molecular formula is C16H23ClFN5O4. The second-order valence-electron chi connectivity index (χ2n) is 6.60. The molecule has 0 unspecified atom stereocenters. The molecule has 0 aromatic carbocycles. The van der Waals surface area contributed by atoms with Crippen LogP contribution in [-0.4, -0.2) is 53.8 Å². The summed E-state index contributed by atoms with van der Waals surface area (Å²) in [6.07, 6.45) is -5.51. The molecule has 0 radical (unpaired) electrons. The minimum atomic E-state index is -1.86. The summed E-state index contributed by atoms with van der Waals surface area (Å²) in [5, 5.41) is 20.3. The fourth-order valence-corrected chi connectivity index (χ4v) is 3.59. The number of halogens is 2. The lowest BCUT2D eigenvalue weighted by atomic mass is 10.1. The van der Waals surface area contributed by atoms with Gasteiger partial charge in [-0.25, -0.2) is 13.8 Å². The number of imidazole rings is 1. The number of hydrogen-bond donors (Lipinski definition) is 3. The highest BCUT2D eigenvalue weighted by atomic mass is 35.5. The smallest absolute Gasteiger partial charge is 0.332 e. The number of nitrogen functional groups attached to an aromatic ring is 1. The molecule has 3 heterocycles. The lowest BCUT2D eigenvalue weighted by Crippen LogP contribution is -2.36. The Hall–Kier alpha value is -1.75. The lowest BCUT2D eigenvalue weighted by molar-refractivity contribution is -0.0799. The van der Waals surface area contributed by atoms with Gasteiger partial charge in [0.05, 0.1) is 6.10 Å². The molecule has 4 N–H and O–H groups in total. The Morgan fingerprint density at radius 1 is 1.41 bits per heavy atom. The van der Waals surface area contributed by atoms with E-state index in [2.05, 4.69) is 9.97 Å². The summed E-state index contributed by atoms with van der Waals surface area (Å²) >= 11 is 6.18. The van der Waals surface area contributed by atoms with Gasteiger partial charge < -0.3 is 20.7 Å². The van der Waals surface area contributed by atoms with Crippen LogP contribution in [0.5, 0.6) is 0 Å². The maximum atomic E-state index is 14.5. The minimum Gasteiger partial charge on any atom is -0.390 e. The third-order valence-corrected chi connectivity index (χ3v) is 5.06. The van der Waals surface area contributed by atoms with Gasteiger partial charge in [-0.2, -0.15) is 9.97 Å². The molecule has 2 aromatic heterocycles. The van der Waals surface area contributed by atoms with E-state index in [4.69, 9.17) is 22.1 Å². The number of ether oxygens (including phenoxy) is 1. The van der Waals surface area contributed by atoms with Crippen molar-refractivity contribution in [2.75, 3.05) is 5.73 Å². The van der Waals surface area contributed by atoms with E-state index < -0.39 is 36.4 Å². The molecule has 5 atom stereocenters. The molecule has 1 aliphatic rings. The topological polar surface area (TPSA) is 128 Å². The summed E-state index contributed by atoms with van der Waals surface area (Å²) < 4.78 is 22.5. The van der Waals surface area contributed by atoms with Gasteiger partial charge in [0, 0.05) is 6.54 Å². The maximum absolute atomic E-state index is 14.5. The van der Waals surface area contributed by atoms with Crippen LogP contribution in [-0.2, 0) is 11.3 Å². The van der Waals surface area contributed by atoms with Gasteiger partial charge in [0.15, 0.2) is 23.2 Å². The van der Waals surface area contributed by atoms with Crippen LogP contribution in [0.4, 0.5) is 10.3 Å². The van der Waals surface area contributed by atoms with Crippen molar-refractivity contribution >= 4 is 28.7 Å². The molecular weight excluding hydrogens is 381 g/mol. The summed E-state index contributed by atoms with van der Waals surface area (Å²) in [5.41, 5.74) is 5.39. The Kier molecular flexibility index (Phi) is 5.71. The number of unbranched alkanes of at least 4 members (excludes halogenated alkanes) is 1. The summed E-state index contributed by atoms with van der Waals surface area (Å²) in [7, 11) is 0. The highest BCUT2D eigenvalue weighted by molar-refractivity contribution is 6.33. The van der Waals surface area contributed by atoms with Crippen molar-refractivity contribution in [2.24, 2.45) is 0 Å². The number of alkyl halides is 1. The fourth-order valence-electron chi connectivity index (χ4n) is 3.32. The Morgan fingerprint density at radius 3 is 2.74 bits per heavy atom. The largest absolute Gasteiger partial charge is 0.390 e. The first-order valence-corrected chi connectivity index (χ1v) is 9.28. The van der Waals surface area contributed by atoms with Gasteiger partial charge in [-0.05, 0) is 12.8 Å². The molecule has 1 fully saturated rings. The zero-order valence-electron chi connectivity index (χ0n) is 15.0. The summed E-state index contributed by atoms with van der Waals surface area (Å²) in [6.45, 7) is 3.97. The molecule has 27 heavy (non-hydrogen) atoms. The van der Waals surface area contributed by atoms with Gasteiger partial charge in [-0.3, -0.25) is 4.57 Å². The second-order valence-corrected chi connectivity index (χ2v) is 6.96. The SMILES string of the molecule is CCCCn1c(=O)n([C@@H]2O[C@H]([C@@H](O)CC)[C@H](F)[C@H]2O)c2nc(N)nc(Cl)c21. The molecule has 0 bridgehead atoms. The van der Waals surface area contributed by atoms with Crippen LogP contribution < -0.4 is 11.4 Å². The number of aromatic nitrogens is 4. The van der Waals surface area contributed by atoms with Crippen LogP contribution in [0.3, 0.4) is 0 Å². The normalized spacial score (nSPS) is 26.7. The molecule has 1 saturated heterocycles. The van der Waals surface area contributed by atoms with Crippen LogP contribution >= 0.6 is 11.6 Å². The van der Waals surface area contributed by atoms with E-state index >= 15 is 0 Å². The molecule has 1 aliphatic heterocycles. The minimum absolute atomic E-state index is 0.0149. The highest BCUT2D eigenvalue weighted by Crippen LogP contribution is 2.35. The van der Waals surface area contributed by atoms with Crippen molar-refractivity contribution in [3.8, 4) is 0 Å². The quantitative estimate of drug-likeness (QED) is 0.613. The maximum Gasteiger partial charge on any atom is 0.332 e. The number of aryl methyl sites for hydroxylation is 1. The Morgan fingerprint density at radius 2 is 2.11 bits per heavy atom. The average molecular weight is 404 g/mol. The van der Waals surface area contributed by atoms with Crippen LogP contribution in [0.1, 0.15) is 39.3 Å². The van der Waals surface area contributed by atoms with Crippen LogP contribution in [0.2, 0.25) is 5.15 Å². The van der Waals surface area contributed by atoms with E-state index in [1.807, 2.05) is 6.92 Å². The van der Waals surface area contributed by atoms with Gasteiger partial charge in [0.2, 0.25) is 5.95 Å². The lowest BCUT2D eigenvalue weighted by Gasteiger charge is -2.18. The third kappa shape index (κ3) is 3.31. The van der Waals surface area contributed by atoms with Gasteiger partial charge >= 0.3 is 5.69 Å². The number of hydrogen-bond acceptors (Lipinski definition) is 7. The number of aliphatic hydroxyl groups is 2. The van der Waals surface area contributed by atoms with Crippen molar-refractivity contribution < 1.29 is 19.3 Å². The average Bonchev–Trinajstić information content (AvgIpc) is 3.07. The third-order valence-electron chi connectivity index (χ3n) is 4.79. The summed E-state index contributed by atoms with van der Waals surface area (Å²) in [4.78, 5) is 21.0. The molecule has 2 aromatic rings. The first-order valence-electron chi connectivity index (χ1n) is 8.91. The van der Waals surface area contributed by atoms with Crippen molar-refractivity contribution in [2.45, 2.75) is 70.4 Å². The predicted molar refractivity (Wildman–Crippen MR) is 97.2 cm³/mol. The van der Waals surface area contributed by atoms with Gasteiger partial charge in [-0.1, -0.05) is 31.9 Å². The first kappa shape index (κ1) is 20.0. The van der Waals surface area contributed by atoms with Crippen molar-refractivity contribution in [3.05, 3.63) is 15.6 Å². The fraction of sp³-hybridized carbons (Fsp3) is 0.688. The van der Waals surface area contributed by atoms with E-state index in [1.165, 1.54) is 4.57 Å². The van der Waals surface area contributed by atoms with E-state index in [9.17, 15) is 19.4 Å². The summed E-state index contributed by atoms with van der Waals surface area (Å²) in [5.74, 6) is -0.164.